The molecule has 1 N–H and O–H groups in total. The van der Waals surface area contributed by atoms with E-state index in [0.29, 0.717) is 19.2 Å². The second-order valence-electron chi connectivity index (χ2n) is 6.66. The minimum atomic E-state index is 0.170. The van der Waals surface area contributed by atoms with E-state index in [1.54, 1.807) is 7.11 Å². The smallest absolute Gasteiger partial charge is 0.320 e. The molecular weight excluding hydrogens is 304 g/mol. The molecule has 1 aromatic heterocycles. The lowest BCUT2D eigenvalue weighted by molar-refractivity contribution is 0.116. The van der Waals surface area contributed by atoms with Gasteiger partial charge in [-0.05, 0) is 11.6 Å². The number of piperazine rings is 1. The van der Waals surface area contributed by atoms with Gasteiger partial charge in [0.2, 0.25) is 0 Å². The number of rotatable bonds is 5. The maximum absolute atomic E-state index is 12.4. The first kappa shape index (κ1) is 15.5. The van der Waals surface area contributed by atoms with Gasteiger partial charge in [-0.15, -0.1) is 0 Å². The number of methoxy groups -OCH3 is 1. The Morgan fingerprint density at radius 3 is 3.00 bits per heavy atom. The predicted octanol–water partition coefficient (Wildman–Crippen LogP) is 1.74. The molecule has 0 radical (unpaired) electrons. The lowest BCUT2D eigenvalue weighted by Gasteiger charge is -2.36. The number of carbonyl (C=O) groups excluding carboxylic acids is 1. The Morgan fingerprint density at radius 1 is 1.25 bits per heavy atom. The van der Waals surface area contributed by atoms with E-state index in [0.717, 1.165) is 32.7 Å². The minimum absolute atomic E-state index is 0.170. The van der Waals surface area contributed by atoms with Gasteiger partial charge in [0.25, 0.3) is 0 Å². The molecule has 0 saturated carbocycles. The fraction of sp³-hybridized carbons (Fsp3) is 0.500. The Hall–Kier alpha value is -2.05. The molecule has 6 nitrogen and oxygen atoms in total. The Kier molecular flexibility index (Phi) is 4.16. The molecule has 2 amide bonds. The zero-order valence-corrected chi connectivity index (χ0v) is 14.1. The van der Waals surface area contributed by atoms with Crippen LogP contribution in [0.15, 0.2) is 30.5 Å². The summed E-state index contributed by atoms with van der Waals surface area (Å²) < 4.78 is 5.11. The predicted molar refractivity (Wildman–Crippen MR) is 92.9 cm³/mol. The number of ether oxygens (including phenoxy) is 1. The summed E-state index contributed by atoms with van der Waals surface area (Å²) in [5.41, 5.74) is 2.52. The number of urea groups is 1. The fourth-order valence-corrected chi connectivity index (χ4v) is 3.88. The molecule has 1 aromatic carbocycles. The Labute approximate surface area is 142 Å². The van der Waals surface area contributed by atoms with Crippen molar-refractivity contribution >= 4 is 16.9 Å². The molecule has 2 aromatic rings. The van der Waals surface area contributed by atoms with Gasteiger partial charge in [0, 0.05) is 63.5 Å². The van der Waals surface area contributed by atoms with Gasteiger partial charge in [-0.3, -0.25) is 4.90 Å². The highest BCUT2D eigenvalue weighted by Gasteiger charge is 2.40. The largest absolute Gasteiger partial charge is 0.383 e. The third-order valence-corrected chi connectivity index (χ3v) is 5.15. The highest BCUT2D eigenvalue weighted by atomic mass is 16.5. The summed E-state index contributed by atoms with van der Waals surface area (Å²) in [6.45, 7) is 5.72. The molecule has 2 aliphatic heterocycles. The van der Waals surface area contributed by atoms with Crippen LogP contribution in [0.2, 0.25) is 0 Å². The van der Waals surface area contributed by atoms with E-state index >= 15 is 0 Å². The van der Waals surface area contributed by atoms with Crippen molar-refractivity contribution in [3.05, 3.63) is 36.0 Å². The first-order valence-electron chi connectivity index (χ1n) is 8.58. The Morgan fingerprint density at radius 2 is 2.12 bits per heavy atom. The molecule has 2 fully saturated rings. The van der Waals surface area contributed by atoms with Gasteiger partial charge in [0.15, 0.2) is 0 Å². The van der Waals surface area contributed by atoms with Crippen molar-refractivity contribution in [3.63, 3.8) is 0 Å². The quantitative estimate of drug-likeness (QED) is 0.909. The monoisotopic (exact) mass is 328 g/mol. The van der Waals surface area contributed by atoms with Gasteiger partial charge in [-0.25, -0.2) is 4.79 Å². The topological polar surface area (TPSA) is 51.8 Å². The zero-order valence-electron chi connectivity index (χ0n) is 14.1. The summed E-state index contributed by atoms with van der Waals surface area (Å²) in [6.07, 6.45) is 2.11. The number of aromatic amines is 1. The molecule has 0 aliphatic carbocycles. The first-order chi connectivity index (χ1) is 11.8. The van der Waals surface area contributed by atoms with E-state index < -0.39 is 0 Å². The molecule has 128 valence electrons. The summed E-state index contributed by atoms with van der Waals surface area (Å²) in [5.74, 6) is 0. The third kappa shape index (κ3) is 2.76. The van der Waals surface area contributed by atoms with Crippen molar-refractivity contribution in [1.29, 1.82) is 0 Å². The van der Waals surface area contributed by atoms with Crippen LogP contribution in [-0.4, -0.2) is 78.2 Å². The number of nitrogens with one attached hydrogen (secondary N) is 1. The van der Waals surface area contributed by atoms with E-state index in [-0.39, 0.29) is 6.03 Å². The number of para-hydroxylation sites is 1. The number of aromatic nitrogens is 1. The number of hydrogen-bond acceptors (Lipinski definition) is 3. The van der Waals surface area contributed by atoms with Crippen LogP contribution in [0.4, 0.5) is 4.79 Å². The molecule has 6 heteroatoms. The molecule has 4 rings (SSSR count). The maximum atomic E-state index is 12.4. The van der Waals surface area contributed by atoms with Crippen molar-refractivity contribution in [2.45, 2.75) is 12.6 Å². The van der Waals surface area contributed by atoms with Crippen molar-refractivity contribution in [1.82, 2.24) is 19.7 Å². The summed E-state index contributed by atoms with van der Waals surface area (Å²) in [7, 11) is 1.68. The maximum Gasteiger partial charge on any atom is 0.320 e. The van der Waals surface area contributed by atoms with Crippen LogP contribution in [0.25, 0.3) is 10.9 Å². The molecule has 0 spiro atoms. The highest BCUT2D eigenvalue weighted by molar-refractivity contribution is 5.83. The van der Waals surface area contributed by atoms with E-state index in [1.807, 2.05) is 9.80 Å². The van der Waals surface area contributed by atoms with Crippen LogP contribution >= 0.6 is 0 Å². The van der Waals surface area contributed by atoms with Crippen LogP contribution in [-0.2, 0) is 11.3 Å². The molecule has 0 bridgehead atoms. The van der Waals surface area contributed by atoms with E-state index in [2.05, 4.69) is 40.3 Å². The summed E-state index contributed by atoms with van der Waals surface area (Å²) in [6, 6.07) is 8.89. The minimum Gasteiger partial charge on any atom is -0.383 e. The van der Waals surface area contributed by atoms with E-state index in [1.165, 1.54) is 16.5 Å². The number of fused-ring (bicyclic) bond motifs is 2. The molecular formula is C18H24N4O2. The number of carbonyl (C=O) groups is 1. The summed E-state index contributed by atoms with van der Waals surface area (Å²) in [5, 5.41) is 1.30. The number of H-pyrrole nitrogens is 1. The average Bonchev–Trinajstić information content (AvgIpc) is 3.15. The summed E-state index contributed by atoms with van der Waals surface area (Å²) in [4.78, 5) is 22.2. The average molecular weight is 328 g/mol. The van der Waals surface area contributed by atoms with Crippen LogP contribution in [0.3, 0.4) is 0 Å². The van der Waals surface area contributed by atoms with Crippen LogP contribution < -0.4 is 0 Å². The van der Waals surface area contributed by atoms with Gasteiger partial charge < -0.3 is 19.5 Å². The van der Waals surface area contributed by atoms with Gasteiger partial charge in [0.05, 0.1) is 12.6 Å². The second-order valence-corrected chi connectivity index (χ2v) is 6.66. The van der Waals surface area contributed by atoms with Gasteiger partial charge >= 0.3 is 6.03 Å². The zero-order chi connectivity index (χ0) is 16.5. The second kappa shape index (κ2) is 6.45. The SMILES string of the molecule is COCCN1C[C@H]2CN(Cc3c[nH]c4ccccc34)CCN2C1=O. The highest BCUT2D eigenvalue weighted by Crippen LogP contribution is 2.24. The lowest BCUT2D eigenvalue weighted by atomic mass is 10.1. The van der Waals surface area contributed by atoms with Gasteiger partial charge in [0.1, 0.15) is 0 Å². The lowest BCUT2D eigenvalue weighted by Crippen LogP contribution is -2.51. The number of amides is 2. The third-order valence-electron chi connectivity index (χ3n) is 5.15. The molecule has 24 heavy (non-hydrogen) atoms. The number of hydrogen-bond donors (Lipinski definition) is 1. The number of benzene rings is 1. The van der Waals surface area contributed by atoms with Crippen molar-refractivity contribution < 1.29 is 9.53 Å². The van der Waals surface area contributed by atoms with Crippen LogP contribution in [0.5, 0.6) is 0 Å². The number of nitrogens with zero attached hydrogens (tertiary/aromatic N) is 3. The van der Waals surface area contributed by atoms with Crippen molar-refractivity contribution in [2.75, 3.05) is 46.4 Å². The van der Waals surface area contributed by atoms with Crippen molar-refractivity contribution in [3.8, 4) is 0 Å². The van der Waals surface area contributed by atoms with E-state index in [4.69, 9.17) is 4.74 Å². The first-order valence-corrected chi connectivity index (χ1v) is 8.58. The normalized spacial score (nSPS) is 21.7. The van der Waals surface area contributed by atoms with Gasteiger partial charge in [-0.2, -0.15) is 0 Å². The van der Waals surface area contributed by atoms with Crippen molar-refractivity contribution in [2.24, 2.45) is 0 Å². The Balaban J connectivity index is 1.42. The molecule has 2 aliphatic rings. The summed E-state index contributed by atoms with van der Waals surface area (Å²) >= 11 is 0. The Bertz CT molecular complexity index is 729. The molecule has 1 atom stereocenters. The molecule has 3 heterocycles. The van der Waals surface area contributed by atoms with Crippen LogP contribution in [0.1, 0.15) is 5.56 Å². The fourth-order valence-electron chi connectivity index (χ4n) is 3.88. The van der Waals surface area contributed by atoms with E-state index in [9.17, 15) is 4.79 Å². The molecule has 2 saturated heterocycles. The van der Waals surface area contributed by atoms with Gasteiger partial charge in [-0.1, -0.05) is 18.2 Å². The standard InChI is InChI=1S/C18H24N4O2/c1-24-9-8-21-13-15-12-20(6-7-22(15)18(21)23)11-14-10-19-17-5-3-2-4-16(14)17/h2-5,10,15,19H,6-9,11-13H2,1H3/t15-/m1/s1. The van der Waals surface area contributed by atoms with Crippen LogP contribution in [0, 0.1) is 0 Å². The molecule has 0 unspecified atom stereocenters.